The number of nitriles is 1. The lowest BCUT2D eigenvalue weighted by molar-refractivity contribution is -0.115. The average Bonchev–Trinajstić information content (AvgIpc) is 2.53. The molecule has 1 rings (SSSR count). The van der Waals surface area contributed by atoms with Gasteiger partial charge in [-0.05, 0) is 37.7 Å². The first-order chi connectivity index (χ1) is 7.67. The van der Waals surface area contributed by atoms with Crippen LogP contribution in [0.25, 0.3) is 0 Å². The zero-order valence-electron chi connectivity index (χ0n) is 9.96. The van der Waals surface area contributed by atoms with Gasteiger partial charge in [0.15, 0.2) is 5.78 Å². The second-order valence-corrected chi connectivity index (χ2v) is 4.38. The van der Waals surface area contributed by atoms with Crippen LogP contribution in [0.4, 0.5) is 0 Å². The van der Waals surface area contributed by atoms with E-state index >= 15 is 0 Å². The molecule has 0 fully saturated rings. The van der Waals surface area contributed by atoms with E-state index in [4.69, 9.17) is 5.26 Å². The number of carbonyl (C=O) groups is 1. The lowest BCUT2D eigenvalue weighted by Crippen LogP contribution is -2.05. The summed E-state index contributed by atoms with van der Waals surface area (Å²) in [5.41, 5.74) is 1.82. The summed E-state index contributed by atoms with van der Waals surface area (Å²) in [7, 11) is 0. The van der Waals surface area contributed by atoms with Crippen LogP contribution in [-0.2, 0) is 4.79 Å². The van der Waals surface area contributed by atoms with Crippen molar-refractivity contribution in [1.29, 1.82) is 5.26 Å². The van der Waals surface area contributed by atoms with Gasteiger partial charge in [-0.1, -0.05) is 25.2 Å². The van der Waals surface area contributed by atoms with E-state index in [0.717, 1.165) is 31.3 Å². The van der Waals surface area contributed by atoms with Crippen LogP contribution < -0.4 is 0 Å². The lowest BCUT2D eigenvalue weighted by atomic mass is 9.94. The third kappa shape index (κ3) is 3.66. The average molecular weight is 217 g/mol. The number of rotatable bonds is 4. The van der Waals surface area contributed by atoms with Gasteiger partial charge in [-0.15, -0.1) is 0 Å². The van der Waals surface area contributed by atoms with Crippen molar-refractivity contribution >= 4 is 5.78 Å². The third-order valence-electron chi connectivity index (χ3n) is 3.09. The number of Topliss-reactive ketones (excluding diaryl/α,β-unsaturated/α-hetero) is 1. The highest BCUT2D eigenvalue weighted by atomic mass is 16.1. The van der Waals surface area contributed by atoms with Gasteiger partial charge in [-0.2, -0.15) is 5.26 Å². The van der Waals surface area contributed by atoms with Gasteiger partial charge in [-0.25, -0.2) is 0 Å². The molecule has 0 aromatic heterocycles. The SMILES string of the molecule is C=C(CC)C(=O)CC1=CCCCC(C#N)C1. The number of nitrogens with zero attached hydrogens (tertiary/aromatic N) is 1. The number of carbonyl (C=O) groups excluding carboxylic acids is 1. The second kappa shape index (κ2) is 6.27. The molecule has 0 aliphatic heterocycles. The minimum Gasteiger partial charge on any atom is -0.294 e. The van der Waals surface area contributed by atoms with Crippen molar-refractivity contribution in [1.82, 2.24) is 0 Å². The van der Waals surface area contributed by atoms with E-state index in [9.17, 15) is 4.79 Å². The molecule has 1 aliphatic carbocycles. The fourth-order valence-corrected chi connectivity index (χ4v) is 1.96. The molecule has 0 bridgehead atoms. The van der Waals surface area contributed by atoms with Gasteiger partial charge in [0.25, 0.3) is 0 Å². The molecule has 1 unspecified atom stereocenters. The summed E-state index contributed by atoms with van der Waals surface area (Å²) in [5, 5.41) is 8.94. The van der Waals surface area contributed by atoms with Crippen LogP contribution in [0.5, 0.6) is 0 Å². The molecule has 0 saturated carbocycles. The third-order valence-corrected chi connectivity index (χ3v) is 3.09. The Balaban J connectivity index is 2.59. The summed E-state index contributed by atoms with van der Waals surface area (Å²) < 4.78 is 0. The zero-order valence-corrected chi connectivity index (χ0v) is 9.96. The van der Waals surface area contributed by atoms with Crippen LogP contribution in [0.2, 0.25) is 0 Å². The van der Waals surface area contributed by atoms with E-state index in [-0.39, 0.29) is 11.7 Å². The molecule has 86 valence electrons. The highest BCUT2D eigenvalue weighted by molar-refractivity contribution is 5.96. The van der Waals surface area contributed by atoms with E-state index in [0.29, 0.717) is 18.4 Å². The molecule has 0 amide bonds. The van der Waals surface area contributed by atoms with Crippen molar-refractivity contribution in [2.24, 2.45) is 5.92 Å². The first-order valence-corrected chi connectivity index (χ1v) is 5.95. The fraction of sp³-hybridized carbons (Fsp3) is 0.571. The first-order valence-electron chi connectivity index (χ1n) is 5.95. The van der Waals surface area contributed by atoms with Crippen LogP contribution in [0, 0.1) is 17.2 Å². The normalized spacial score (nSPS) is 20.5. The van der Waals surface area contributed by atoms with Crippen molar-refractivity contribution < 1.29 is 4.79 Å². The summed E-state index contributed by atoms with van der Waals surface area (Å²) in [6, 6.07) is 2.32. The van der Waals surface area contributed by atoms with Crippen LogP contribution in [0.3, 0.4) is 0 Å². The molecule has 0 heterocycles. The molecule has 0 N–H and O–H groups in total. The van der Waals surface area contributed by atoms with Gasteiger partial charge in [0.05, 0.1) is 12.0 Å². The maximum absolute atomic E-state index is 11.7. The second-order valence-electron chi connectivity index (χ2n) is 4.38. The van der Waals surface area contributed by atoms with Crippen LogP contribution in [0.1, 0.15) is 45.4 Å². The molecule has 16 heavy (non-hydrogen) atoms. The summed E-state index contributed by atoms with van der Waals surface area (Å²) in [5.74, 6) is 0.226. The molecular weight excluding hydrogens is 198 g/mol. The monoisotopic (exact) mass is 217 g/mol. The molecule has 0 aromatic rings. The van der Waals surface area contributed by atoms with Crippen LogP contribution in [0.15, 0.2) is 23.8 Å². The quantitative estimate of drug-likeness (QED) is 0.533. The van der Waals surface area contributed by atoms with E-state index in [2.05, 4.69) is 18.7 Å². The van der Waals surface area contributed by atoms with E-state index in [1.807, 2.05) is 6.92 Å². The highest BCUT2D eigenvalue weighted by Gasteiger charge is 2.16. The molecular formula is C14H19NO. The summed E-state index contributed by atoms with van der Waals surface area (Å²) in [6.07, 6.45) is 7.10. The molecule has 0 spiro atoms. The number of hydrogen-bond acceptors (Lipinski definition) is 2. The van der Waals surface area contributed by atoms with Gasteiger partial charge in [0.1, 0.15) is 0 Å². The minimum atomic E-state index is 0.0939. The summed E-state index contributed by atoms with van der Waals surface area (Å²) in [6.45, 7) is 5.70. The van der Waals surface area contributed by atoms with E-state index < -0.39 is 0 Å². The Morgan fingerprint density at radius 1 is 1.69 bits per heavy atom. The molecule has 1 atom stereocenters. The number of hydrogen-bond donors (Lipinski definition) is 0. The fourth-order valence-electron chi connectivity index (χ4n) is 1.96. The van der Waals surface area contributed by atoms with Gasteiger partial charge in [0.2, 0.25) is 0 Å². The summed E-state index contributed by atoms with van der Waals surface area (Å²) >= 11 is 0. The molecule has 2 heteroatoms. The van der Waals surface area contributed by atoms with Crippen LogP contribution in [-0.4, -0.2) is 5.78 Å². The Bertz CT molecular complexity index is 346. The molecule has 0 aromatic carbocycles. The Morgan fingerprint density at radius 3 is 3.06 bits per heavy atom. The standard InChI is InChI=1S/C14H19NO/c1-3-11(2)14(16)9-12-6-4-5-7-13(8-12)10-15/h6,13H,2-5,7-9H2,1H3. The predicted molar refractivity (Wildman–Crippen MR) is 64.7 cm³/mol. The van der Waals surface area contributed by atoms with Crippen molar-refractivity contribution in [3.05, 3.63) is 23.8 Å². The maximum atomic E-state index is 11.7. The van der Waals surface area contributed by atoms with Crippen LogP contribution >= 0.6 is 0 Å². The van der Waals surface area contributed by atoms with Gasteiger partial charge < -0.3 is 0 Å². The van der Waals surface area contributed by atoms with E-state index in [1.54, 1.807) is 0 Å². The smallest absolute Gasteiger partial charge is 0.162 e. The zero-order chi connectivity index (χ0) is 12.0. The first kappa shape index (κ1) is 12.7. The predicted octanol–water partition coefficient (Wildman–Crippen LogP) is 3.55. The van der Waals surface area contributed by atoms with Crippen molar-refractivity contribution in [3.63, 3.8) is 0 Å². The largest absolute Gasteiger partial charge is 0.294 e. The molecule has 0 radical (unpaired) electrons. The molecule has 0 saturated heterocycles. The Labute approximate surface area is 97.7 Å². The molecule has 2 nitrogen and oxygen atoms in total. The van der Waals surface area contributed by atoms with Crippen molar-refractivity contribution in [2.45, 2.75) is 45.4 Å². The Kier molecular flexibility index (Phi) is 4.98. The highest BCUT2D eigenvalue weighted by Crippen LogP contribution is 2.25. The maximum Gasteiger partial charge on any atom is 0.162 e. The van der Waals surface area contributed by atoms with E-state index in [1.165, 1.54) is 0 Å². The lowest BCUT2D eigenvalue weighted by Gasteiger charge is -2.08. The summed E-state index contributed by atoms with van der Waals surface area (Å²) in [4.78, 5) is 11.7. The minimum absolute atomic E-state index is 0.0939. The van der Waals surface area contributed by atoms with Crippen molar-refractivity contribution in [3.8, 4) is 6.07 Å². The Morgan fingerprint density at radius 2 is 2.44 bits per heavy atom. The van der Waals surface area contributed by atoms with Crippen molar-refractivity contribution in [2.75, 3.05) is 0 Å². The number of ketones is 1. The number of allylic oxidation sites excluding steroid dienone is 3. The van der Waals surface area contributed by atoms with Gasteiger partial charge >= 0.3 is 0 Å². The topological polar surface area (TPSA) is 40.9 Å². The molecule has 1 aliphatic rings. The van der Waals surface area contributed by atoms with Gasteiger partial charge in [-0.3, -0.25) is 4.79 Å². The Hall–Kier alpha value is -1.36. The van der Waals surface area contributed by atoms with Gasteiger partial charge in [0, 0.05) is 6.42 Å².